The van der Waals surface area contributed by atoms with Crippen molar-refractivity contribution in [2.45, 2.75) is 13.8 Å². The third kappa shape index (κ3) is 2.43. The van der Waals surface area contributed by atoms with Gasteiger partial charge in [-0.05, 0) is 37.6 Å². The van der Waals surface area contributed by atoms with E-state index in [2.05, 4.69) is 29.4 Å². The van der Waals surface area contributed by atoms with E-state index < -0.39 is 0 Å². The zero-order valence-electron chi connectivity index (χ0n) is 9.86. The number of hydrogen-bond donors (Lipinski definition) is 1. The summed E-state index contributed by atoms with van der Waals surface area (Å²) in [6, 6.07) is 11.8. The van der Waals surface area contributed by atoms with Crippen molar-refractivity contribution in [3.63, 3.8) is 0 Å². The Morgan fingerprint density at radius 2 is 2.06 bits per heavy atom. The molecule has 1 heterocycles. The average Bonchev–Trinajstić information content (AvgIpc) is 2.33. The van der Waals surface area contributed by atoms with Crippen molar-refractivity contribution in [1.29, 1.82) is 5.26 Å². The lowest BCUT2D eigenvalue weighted by Gasteiger charge is -2.10. The van der Waals surface area contributed by atoms with E-state index in [9.17, 15) is 0 Å². The number of benzene rings is 1. The highest BCUT2D eigenvalue weighted by Crippen LogP contribution is 2.21. The highest BCUT2D eigenvalue weighted by Gasteiger charge is 2.04. The number of nitriles is 1. The van der Waals surface area contributed by atoms with Crippen molar-refractivity contribution in [3.05, 3.63) is 53.2 Å². The molecule has 2 rings (SSSR count). The van der Waals surface area contributed by atoms with Crippen LogP contribution in [-0.4, -0.2) is 4.98 Å². The molecule has 2 aromatic rings. The van der Waals surface area contributed by atoms with Crippen LogP contribution in [0.5, 0.6) is 0 Å². The third-order valence-corrected chi connectivity index (χ3v) is 2.56. The van der Waals surface area contributed by atoms with E-state index in [1.165, 1.54) is 5.56 Å². The number of anilines is 2. The van der Waals surface area contributed by atoms with Crippen LogP contribution in [0.25, 0.3) is 0 Å². The van der Waals surface area contributed by atoms with Crippen LogP contribution in [0.15, 0.2) is 36.5 Å². The van der Waals surface area contributed by atoms with E-state index in [1.807, 2.05) is 19.1 Å². The first kappa shape index (κ1) is 11.2. The molecular formula is C14H13N3. The van der Waals surface area contributed by atoms with Gasteiger partial charge in [0.15, 0.2) is 0 Å². The normalized spacial score (nSPS) is 9.71. The van der Waals surface area contributed by atoms with Gasteiger partial charge in [-0.3, -0.25) is 0 Å². The van der Waals surface area contributed by atoms with Gasteiger partial charge < -0.3 is 5.32 Å². The van der Waals surface area contributed by atoms with Crippen molar-refractivity contribution in [1.82, 2.24) is 4.98 Å². The zero-order chi connectivity index (χ0) is 12.3. The quantitative estimate of drug-likeness (QED) is 0.849. The number of rotatable bonds is 2. The molecule has 1 aromatic carbocycles. The second-order valence-electron chi connectivity index (χ2n) is 3.95. The Morgan fingerprint density at radius 3 is 2.76 bits per heavy atom. The molecule has 3 nitrogen and oxygen atoms in total. The Kier molecular flexibility index (Phi) is 3.06. The maximum absolute atomic E-state index is 8.98. The minimum Gasteiger partial charge on any atom is -0.339 e. The van der Waals surface area contributed by atoms with Crippen molar-refractivity contribution < 1.29 is 0 Å². The Hall–Kier alpha value is -2.34. The summed E-state index contributed by atoms with van der Waals surface area (Å²) in [6.45, 7) is 4.09. The van der Waals surface area contributed by atoms with E-state index >= 15 is 0 Å². The standard InChI is InChI=1S/C14H13N3/c1-10-5-6-13(11(2)8-10)17-14-12(9-15)4-3-7-16-14/h3-8H,1-2H3,(H,16,17). The predicted octanol–water partition coefficient (Wildman–Crippen LogP) is 3.31. The molecule has 3 heteroatoms. The lowest BCUT2D eigenvalue weighted by molar-refractivity contribution is 1.27. The van der Waals surface area contributed by atoms with E-state index in [1.54, 1.807) is 18.3 Å². The van der Waals surface area contributed by atoms with E-state index in [4.69, 9.17) is 5.26 Å². The molecule has 0 radical (unpaired) electrons. The van der Waals surface area contributed by atoms with Crippen LogP contribution in [0.3, 0.4) is 0 Å². The van der Waals surface area contributed by atoms with Gasteiger partial charge in [0.2, 0.25) is 0 Å². The monoisotopic (exact) mass is 223 g/mol. The number of nitrogens with zero attached hydrogens (tertiary/aromatic N) is 2. The molecule has 0 aliphatic carbocycles. The summed E-state index contributed by atoms with van der Waals surface area (Å²) in [5.41, 5.74) is 3.88. The van der Waals surface area contributed by atoms with Gasteiger partial charge in [-0.2, -0.15) is 5.26 Å². The maximum Gasteiger partial charge on any atom is 0.148 e. The molecule has 0 unspecified atom stereocenters. The van der Waals surface area contributed by atoms with E-state index in [0.29, 0.717) is 11.4 Å². The Balaban J connectivity index is 2.35. The van der Waals surface area contributed by atoms with Gasteiger partial charge in [-0.15, -0.1) is 0 Å². The molecule has 0 saturated heterocycles. The van der Waals surface area contributed by atoms with Crippen LogP contribution < -0.4 is 5.32 Å². The molecule has 0 aliphatic heterocycles. The molecule has 0 saturated carbocycles. The first-order valence-electron chi connectivity index (χ1n) is 5.40. The molecular weight excluding hydrogens is 210 g/mol. The molecule has 0 amide bonds. The summed E-state index contributed by atoms with van der Waals surface area (Å²) in [7, 11) is 0. The smallest absolute Gasteiger partial charge is 0.148 e. The molecule has 0 spiro atoms. The number of pyridine rings is 1. The summed E-state index contributed by atoms with van der Waals surface area (Å²) >= 11 is 0. The van der Waals surface area contributed by atoms with Crippen molar-refractivity contribution in [2.75, 3.05) is 5.32 Å². The van der Waals surface area contributed by atoms with Gasteiger partial charge in [0, 0.05) is 11.9 Å². The largest absolute Gasteiger partial charge is 0.339 e. The predicted molar refractivity (Wildman–Crippen MR) is 68.2 cm³/mol. The summed E-state index contributed by atoms with van der Waals surface area (Å²) in [4.78, 5) is 4.17. The van der Waals surface area contributed by atoms with Crippen LogP contribution in [0.2, 0.25) is 0 Å². The van der Waals surface area contributed by atoms with Gasteiger partial charge in [0.1, 0.15) is 11.9 Å². The SMILES string of the molecule is Cc1ccc(Nc2ncccc2C#N)c(C)c1. The molecule has 1 aromatic heterocycles. The third-order valence-electron chi connectivity index (χ3n) is 2.56. The summed E-state index contributed by atoms with van der Waals surface area (Å²) in [6.07, 6.45) is 1.67. The molecule has 0 fully saturated rings. The van der Waals surface area contributed by atoms with Crippen LogP contribution in [-0.2, 0) is 0 Å². The van der Waals surface area contributed by atoms with Gasteiger partial charge in [0.05, 0.1) is 5.56 Å². The van der Waals surface area contributed by atoms with E-state index in [-0.39, 0.29) is 0 Å². The first-order chi connectivity index (χ1) is 8.20. The van der Waals surface area contributed by atoms with E-state index in [0.717, 1.165) is 11.3 Å². The Morgan fingerprint density at radius 1 is 1.24 bits per heavy atom. The average molecular weight is 223 g/mol. The molecule has 0 atom stereocenters. The summed E-state index contributed by atoms with van der Waals surface area (Å²) in [5, 5.41) is 12.2. The van der Waals surface area contributed by atoms with Gasteiger partial charge >= 0.3 is 0 Å². The molecule has 84 valence electrons. The lowest BCUT2D eigenvalue weighted by atomic mass is 10.1. The summed E-state index contributed by atoms with van der Waals surface area (Å²) in [5.74, 6) is 0.599. The van der Waals surface area contributed by atoms with Gasteiger partial charge in [0.25, 0.3) is 0 Å². The number of aromatic nitrogens is 1. The van der Waals surface area contributed by atoms with Crippen molar-refractivity contribution >= 4 is 11.5 Å². The minimum atomic E-state index is 0.549. The first-order valence-corrected chi connectivity index (χ1v) is 5.40. The van der Waals surface area contributed by atoms with Crippen LogP contribution in [0.1, 0.15) is 16.7 Å². The van der Waals surface area contributed by atoms with Crippen LogP contribution in [0.4, 0.5) is 11.5 Å². The van der Waals surface area contributed by atoms with Crippen molar-refractivity contribution in [3.8, 4) is 6.07 Å². The second-order valence-corrected chi connectivity index (χ2v) is 3.95. The molecule has 1 N–H and O–H groups in total. The van der Waals surface area contributed by atoms with Crippen LogP contribution >= 0.6 is 0 Å². The van der Waals surface area contributed by atoms with Crippen LogP contribution in [0, 0.1) is 25.2 Å². The number of hydrogen-bond acceptors (Lipinski definition) is 3. The fourth-order valence-electron chi connectivity index (χ4n) is 1.68. The number of aryl methyl sites for hydroxylation is 2. The van der Waals surface area contributed by atoms with Gasteiger partial charge in [-0.25, -0.2) is 4.98 Å². The summed E-state index contributed by atoms with van der Waals surface area (Å²) < 4.78 is 0. The lowest BCUT2D eigenvalue weighted by Crippen LogP contribution is -1.98. The maximum atomic E-state index is 8.98. The number of nitrogens with one attached hydrogen (secondary N) is 1. The van der Waals surface area contributed by atoms with Gasteiger partial charge in [-0.1, -0.05) is 17.7 Å². The Bertz CT molecular complexity index is 582. The highest BCUT2D eigenvalue weighted by molar-refractivity contribution is 5.65. The fourth-order valence-corrected chi connectivity index (χ4v) is 1.68. The topological polar surface area (TPSA) is 48.7 Å². The molecule has 17 heavy (non-hydrogen) atoms. The van der Waals surface area contributed by atoms with Crippen molar-refractivity contribution in [2.24, 2.45) is 0 Å². The molecule has 0 bridgehead atoms. The second kappa shape index (κ2) is 4.67. The molecule has 0 aliphatic rings. The highest BCUT2D eigenvalue weighted by atomic mass is 15.0. The minimum absolute atomic E-state index is 0.549. The Labute approximate surface area is 101 Å². The zero-order valence-corrected chi connectivity index (χ0v) is 9.86. The fraction of sp³-hybridized carbons (Fsp3) is 0.143.